The van der Waals surface area contributed by atoms with Gasteiger partial charge in [0.2, 0.25) is 5.91 Å². The Morgan fingerprint density at radius 1 is 1.14 bits per heavy atom. The summed E-state index contributed by atoms with van der Waals surface area (Å²) in [5.74, 6) is -1.06. The number of rotatable bonds is 4. The molecule has 1 heterocycles. The van der Waals surface area contributed by atoms with Crippen LogP contribution in [0.5, 0.6) is 0 Å². The largest absolute Gasteiger partial charge is 0.357 e. The van der Waals surface area contributed by atoms with Crippen LogP contribution in [0.2, 0.25) is 0 Å². The number of H-pyrrole nitrogens is 1. The topological polar surface area (TPSA) is 117 Å². The van der Waals surface area contributed by atoms with Crippen LogP contribution in [0.1, 0.15) is 16.1 Å². The lowest BCUT2D eigenvalue weighted by Crippen LogP contribution is -2.42. The second-order valence-electron chi connectivity index (χ2n) is 4.15. The van der Waals surface area contributed by atoms with E-state index >= 15 is 0 Å². The van der Waals surface area contributed by atoms with Crippen molar-refractivity contribution < 1.29 is 14.5 Å². The van der Waals surface area contributed by atoms with Crippen molar-refractivity contribution in [3.05, 3.63) is 64.0 Å². The van der Waals surface area contributed by atoms with E-state index in [4.69, 9.17) is 0 Å². The van der Waals surface area contributed by atoms with E-state index in [1.54, 1.807) is 24.4 Å². The molecule has 8 nitrogen and oxygen atoms in total. The van der Waals surface area contributed by atoms with E-state index in [0.29, 0.717) is 5.69 Å². The second kappa shape index (κ2) is 6.33. The third kappa shape index (κ3) is 3.66. The maximum atomic E-state index is 11.7. The quantitative estimate of drug-likeness (QED) is 0.573. The molecule has 0 bridgehead atoms. The summed E-state index contributed by atoms with van der Waals surface area (Å²) in [5.41, 5.74) is 4.85. The van der Waals surface area contributed by atoms with E-state index in [0.717, 1.165) is 0 Å². The highest BCUT2D eigenvalue weighted by atomic mass is 16.6. The highest BCUT2D eigenvalue weighted by Crippen LogP contribution is 2.17. The number of aromatic amines is 1. The molecule has 2 rings (SSSR count). The van der Waals surface area contributed by atoms with Gasteiger partial charge in [-0.15, -0.1) is 0 Å². The Morgan fingerprint density at radius 2 is 1.90 bits per heavy atom. The van der Waals surface area contributed by atoms with Crippen molar-refractivity contribution in [1.82, 2.24) is 15.8 Å². The van der Waals surface area contributed by atoms with Crippen molar-refractivity contribution in [2.75, 3.05) is 0 Å². The summed E-state index contributed by atoms with van der Waals surface area (Å²) in [5, 5.41) is 10.8. The maximum Gasteiger partial charge on any atom is 0.286 e. The van der Waals surface area contributed by atoms with Crippen LogP contribution in [0.3, 0.4) is 0 Å². The van der Waals surface area contributed by atoms with Gasteiger partial charge in [-0.25, -0.2) is 0 Å². The van der Waals surface area contributed by atoms with Crippen LogP contribution >= 0.6 is 0 Å². The monoisotopic (exact) mass is 288 g/mol. The number of nitrogens with one attached hydrogen (secondary N) is 3. The van der Waals surface area contributed by atoms with E-state index in [2.05, 4.69) is 15.8 Å². The van der Waals surface area contributed by atoms with Crippen LogP contribution in [0.4, 0.5) is 5.69 Å². The Hall–Kier alpha value is -3.16. The molecule has 21 heavy (non-hydrogen) atoms. The number of nitro groups is 1. The van der Waals surface area contributed by atoms with Gasteiger partial charge >= 0.3 is 0 Å². The molecule has 1 aromatic carbocycles. The highest BCUT2D eigenvalue weighted by molar-refractivity contribution is 5.94. The Balaban J connectivity index is 1.93. The molecule has 0 radical (unpaired) electrons. The van der Waals surface area contributed by atoms with Crippen molar-refractivity contribution in [3.8, 4) is 0 Å². The van der Waals surface area contributed by atoms with Crippen molar-refractivity contribution in [2.24, 2.45) is 0 Å². The van der Waals surface area contributed by atoms with Gasteiger partial charge in [-0.1, -0.05) is 18.2 Å². The fourth-order valence-electron chi connectivity index (χ4n) is 1.72. The normalized spacial score (nSPS) is 9.90. The lowest BCUT2D eigenvalue weighted by atomic mass is 10.1. The van der Waals surface area contributed by atoms with Crippen LogP contribution < -0.4 is 10.9 Å². The maximum absolute atomic E-state index is 11.7. The number of hydrogen-bond acceptors (Lipinski definition) is 4. The number of amides is 2. The van der Waals surface area contributed by atoms with Crippen LogP contribution in [0, 0.1) is 10.1 Å². The van der Waals surface area contributed by atoms with Gasteiger partial charge in [0, 0.05) is 17.8 Å². The molecule has 2 amide bonds. The molecule has 0 atom stereocenters. The van der Waals surface area contributed by atoms with Gasteiger partial charge in [-0.3, -0.25) is 30.6 Å². The molecule has 108 valence electrons. The summed E-state index contributed by atoms with van der Waals surface area (Å²) in [6, 6.07) is 9.12. The summed E-state index contributed by atoms with van der Waals surface area (Å²) in [7, 11) is 0. The van der Waals surface area contributed by atoms with Gasteiger partial charge in [0.05, 0.1) is 11.3 Å². The van der Waals surface area contributed by atoms with Gasteiger partial charge in [-0.2, -0.15) is 0 Å². The molecule has 0 aliphatic rings. The standard InChI is InChI=1S/C13H12N4O4/c18-12(15-16-13(19)10-5-3-7-14-10)8-9-4-1-2-6-11(9)17(20)21/h1-7,14H,8H2,(H,15,18)(H,16,19). The van der Waals surface area contributed by atoms with Crippen LogP contribution in [-0.2, 0) is 11.2 Å². The van der Waals surface area contributed by atoms with Crippen LogP contribution in [0.15, 0.2) is 42.6 Å². The molecule has 0 unspecified atom stereocenters. The number of para-hydroxylation sites is 1. The number of benzene rings is 1. The number of aromatic nitrogens is 1. The average Bonchev–Trinajstić information content (AvgIpc) is 2.99. The molecule has 3 N–H and O–H groups in total. The first-order valence-corrected chi connectivity index (χ1v) is 6.03. The summed E-state index contributed by atoms with van der Waals surface area (Å²) >= 11 is 0. The van der Waals surface area contributed by atoms with Gasteiger partial charge in [0.1, 0.15) is 5.69 Å². The minimum Gasteiger partial charge on any atom is -0.357 e. The molecular weight excluding hydrogens is 276 g/mol. The van der Waals surface area contributed by atoms with Crippen LogP contribution in [0.25, 0.3) is 0 Å². The van der Waals surface area contributed by atoms with Crippen molar-refractivity contribution in [1.29, 1.82) is 0 Å². The molecule has 1 aromatic heterocycles. The molecule has 0 saturated heterocycles. The molecule has 0 aliphatic heterocycles. The Morgan fingerprint density at radius 3 is 2.57 bits per heavy atom. The number of hydrazine groups is 1. The van der Waals surface area contributed by atoms with E-state index in [1.165, 1.54) is 18.2 Å². The highest BCUT2D eigenvalue weighted by Gasteiger charge is 2.16. The first-order valence-electron chi connectivity index (χ1n) is 6.03. The zero-order valence-corrected chi connectivity index (χ0v) is 10.8. The second-order valence-corrected chi connectivity index (χ2v) is 4.15. The lowest BCUT2D eigenvalue weighted by molar-refractivity contribution is -0.385. The van der Waals surface area contributed by atoms with Gasteiger partial charge in [0.25, 0.3) is 11.6 Å². The number of carbonyl (C=O) groups excluding carboxylic acids is 2. The van der Waals surface area contributed by atoms with Gasteiger partial charge < -0.3 is 4.98 Å². The third-order valence-electron chi connectivity index (χ3n) is 2.70. The first kappa shape index (κ1) is 14.3. The zero-order chi connectivity index (χ0) is 15.2. The lowest BCUT2D eigenvalue weighted by Gasteiger charge is -2.06. The molecule has 0 aliphatic carbocycles. The fraction of sp³-hybridized carbons (Fsp3) is 0.0769. The van der Waals surface area contributed by atoms with E-state index in [1.807, 2.05) is 0 Å². The van der Waals surface area contributed by atoms with Crippen LogP contribution in [-0.4, -0.2) is 21.7 Å². The van der Waals surface area contributed by atoms with Crippen molar-refractivity contribution in [3.63, 3.8) is 0 Å². The number of nitro benzene ring substituents is 1. The SMILES string of the molecule is O=C(Cc1ccccc1[N+](=O)[O-])NNC(=O)c1ccc[nH]1. The van der Waals surface area contributed by atoms with Crippen molar-refractivity contribution in [2.45, 2.75) is 6.42 Å². The Kier molecular flexibility index (Phi) is 4.30. The molecule has 2 aromatic rings. The Labute approximate surface area is 119 Å². The average molecular weight is 288 g/mol. The van der Waals surface area contributed by atoms with E-state index in [9.17, 15) is 19.7 Å². The van der Waals surface area contributed by atoms with Gasteiger partial charge in [-0.05, 0) is 12.1 Å². The number of carbonyl (C=O) groups is 2. The number of nitrogens with zero attached hydrogens (tertiary/aromatic N) is 1. The predicted molar refractivity (Wildman–Crippen MR) is 73.2 cm³/mol. The molecule has 0 fully saturated rings. The smallest absolute Gasteiger partial charge is 0.286 e. The first-order chi connectivity index (χ1) is 10.1. The number of hydrogen-bond donors (Lipinski definition) is 3. The Bertz CT molecular complexity index is 667. The molecule has 8 heteroatoms. The predicted octanol–water partition coefficient (Wildman–Crippen LogP) is 0.927. The summed E-state index contributed by atoms with van der Waals surface area (Å²) in [6.45, 7) is 0. The minimum atomic E-state index is -0.555. The van der Waals surface area contributed by atoms with E-state index in [-0.39, 0.29) is 17.7 Å². The zero-order valence-electron chi connectivity index (χ0n) is 10.8. The molecule has 0 spiro atoms. The fourth-order valence-corrected chi connectivity index (χ4v) is 1.72. The summed E-state index contributed by atoms with van der Waals surface area (Å²) < 4.78 is 0. The molecule has 0 saturated carbocycles. The van der Waals surface area contributed by atoms with E-state index < -0.39 is 16.7 Å². The summed E-state index contributed by atoms with van der Waals surface area (Å²) in [6.07, 6.45) is 1.37. The molecular formula is C13H12N4O4. The van der Waals surface area contributed by atoms with Gasteiger partial charge in [0.15, 0.2) is 0 Å². The third-order valence-corrected chi connectivity index (χ3v) is 2.70. The minimum absolute atomic E-state index is 0.136. The summed E-state index contributed by atoms with van der Waals surface area (Å²) in [4.78, 5) is 36.2. The van der Waals surface area contributed by atoms with Crippen molar-refractivity contribution >= 4 is 17.5 Å².